The van der Waals surface area contributed by atoms with Crippen LogP contribution in [-0.2, 0) is 0 Å². The highest BCUT2D eigenvalue weighted by atomic mass is 35.5. The molecular weight excluding hydrogens is 483 g/mol. The number of hydrogen-bond acceptors (Lipinski definition) is 4. The molecule has 0 aliphatic rings. The summed E-state index contributed by atoms with van der Waals surface area (Å²) in [6, 6.07) is 12.5. The van der Waals surface area contributed by atoms with E-state index in [4.69, 9.17) is 11.6 Å². The minimum Gasteiger partial charge on any atom is -0.285 e. The molecule has 4 rings (SSSR count). The lowest BCUT2D eigenvalue weighted by atomic mass is 10.1. The van der Waals surface area contributed by atoms with E-state index < -0.39 is 11.6 Å². The Hall–Kier alpha value is -3.10. The van der Waals surface area contributed by atoms with Gasteiger partial charge in [0.05, 0.1) is 5.52 Å². The standard InChI is InChI=1S/C25H19ClF3N3OS/c1-13-11-21-23(30-15(13)3)24(33)22(31-32(21)20-9-6-17(26)12-19(20)27)14(2)10-16-4-7-18(8-5-16)34-25(28)29/h4-12,25H,1-3H3/b14-10+. The Labute approximate surface area is 203 Å². The van der Waals surface area contributed by atoms with Crippen molar-refractivity contribution in [2.45, 2.75) is 31.4 Å². The number of nitrogens with zero attached hydrogens (tertiary/aromatic N) is 3. The van der Waals surface area contributed by atoms with Gasteiger partial charge in [0, 0.05) is 15.6 Å². The first kappa shape index (κ1) is 24.0. The summed E-state index contributed by atoms with van der Waals surface area (Å²) < 4.78 is 41.3. The zero-order valence-corrected chi connectivity index (χ0v) is 20.0. The summed E-state index contributed by atoms with van der Waals surface area (Å²) in [5.41, 5.74) is 3.11. The maximum absolute atomic E-state index is 14.8. The molecule has 9 heteroatoms. The minimum absolute atomic E-state index is 0.101. The molecule has 0 amide bonds. The van der Waals surface area contributed by atoms with Crippen molar-refractivity contribution in [3.05, 3.63) is 92.1 Å². The summed E-state index contributed by atoms with van der Waals surface area (Å²) >= 11 is 6.38. The van der Waals surface area contributed by atoms with Gasteiger partial charge in [0.1, 0.15) is 22.7 Å². The Morgan fingerprint density at radius 3 is 2.47 bits per heavy atom. The van der Waals surface area contributed by atoms with Crippen LogP contribution >= 0.6 is 23.4 Å². The third-order valence-electron chi connectivity index (χ3n) is 5.30. The van der Waals surface area contributed by atoms with Gasteiger partial charge in [0.2, 0.25) is 5.43 Å². The van der Waals surface area contributed by atoms with Crippen molar-refractivity contribution in [2.75, 3.05) is 0 Å². The number of allylic oxidation sites excluding steroid dienone is 1. The number of pyridine rings is 1. The summed E-state index contributed by atoms with van der Waals surface area (Å²) in [5, 5.41) is 4.73. The molecule has 0 radical (unpaired) electrons. The molecule has 4 nitrogen and oxygen atoms in total. The van der Waals surface area contributed by atoms with E-state index in [0.29, 0.717) is 39.0 Å². The van der Waals surface area contributed by atoms with Crippen molar-refractivity contribution in [2.24, 2.45) is 0 Å². The van der Waals surface area contributed by atoms with Gasteiger partial charge in [-0.2, -0.15) is 13.9 Å². The van der Waals surface area contributed by atoms with E-state index in [9.17, 15) is 18.0 Å². The van der Waals surface area contributed by atoms with E-state index in [1.165, 1.54) is 16.8 Å². The lowest BCUT2D eigenvalue weighted by molar-refractivity contribution is 0.252. The van der Waals surface area contributed by atoms with Gasteiger partial charge in [0.15, 0.2) is 0 Å². The molecule has 0 aliphatic heterocycles. The smallest absolute Gasteiger partial charge is 0.285 e. The molecule has 0 saturated carbocycles. The Balaban J connectivity index is 1.91. The lowest BCUT2D eigenvalue weighted by Gasteiger charge is -2.14. The van der Waals surface area contributed by atoms with Crippen LogP contribution in [-0.4, -0.2) is 20.5 Å². The van der Waals surface area contributed by atoms with Gasteiger partial charge in [-0.3, -0.25) is 4.79 Å². The van der Waals surface area contributed by atoms with Crippen molar-refractivity contribution in [3.8, 4) is 5.69 Å². The highest BCUT2D eigenvalue weighted by molar-refractivity contribution is 7.99. The van der Waals surface area contributed by atoms with Crippen LogP contribution in [0.25, 0.3) is 28.4 Å². The van der Waals surface area contributed by atoms with E-state index in [0.717, 1.165) is 5.56 Å². The number of halogens is 4. The molecular formula is C25H19ClF3N3OS. The molecule has 0 bridgehead atoms. The molecule has 0 fully saturated rings. The zero-order valence-electron chi connectivity index (χ0n) is 18.4. The number of aryl methyl sites for hydroxylation is 2. The normalized spacial score (nSPS) is 12.1. The monoisotopic (exact) mass is 501 g/mol. The third-order valence-corrected chi connectivity index (χ3v) is 6.26. The number of alkyl halides is 2. The predicted molar refractivity (Wildman–Crippen MR) is 131 cm³/mol. The molecule has 0 saturated heterocycles. The molecule has 0 aliphatic carbocycles. The van der Waals surface area contributed by atoms with Crippen LogP contribution in [0.3, 0.4) is 0 Å². The average Bonchev–Trinajstić information content (AvgIpc) is 2.77. The molecule has 2 aromatic heterocycles. The quantitative estimate of drug-likeness (QED) is 0.274. The van der Waals surface area contributed by atoms with Crippen molar-refractivity contribution in [3.63, 3.8) is 0 Å². The Kier molecular flexibility index (Phi) is 6.81. The molecule has 34 heavy (non-hydrogen) atoms. The van der Waals surface area contributed by atoms with Crippen molar-refractivity contribution in [1.82, 2.24) is 14.8 Å². The molecule has 0 N–H and O–H groups in total. The van der Waals surface area contributed by atoms with Crippen LogP contribution in [0.5, 0.6) is 0 Å². The molecule has 0 spiro atoms. The number of hydrogen-bond donors (Lipinski definition) is 0. The van der Waals surface area contributed by atoms with Gasteiger partial charge in [0.25, 0.3) is 5.76 Å². The number of benzene rings is 2. The molecule has 174 valence electrons. The van der Waals surface area contributed by atoms with E-state index in [2.05, 4.69) is 10.1 Å². The fourth-order valence-electron chi connectivity index (χ4n) is 3.49. The Bertz CT molecular complexity index is 1480. The van der Waals surface area contributed by atoms with Gasteiger partial charge in [-0.05, 0) is 79.9 Å². The molecule has 2 heterocycles. The van der Waals surface area contributed by atoms with Gasteiger partial charge in [-0.1, -0.05) is 35.5 Å². The van der Waals surface area contributed by atoms with Crippen LogP contribution < -0.4 is 5.43 Å². The minimum atomic E-state index is -2.50. The fourth-order valence-corrected chi connectivity index (χ4v) is 4.15. The van der Waals surface area contributed by atoms with Crippen molar-refractivity contribution >= 4 is 46.0 Å². The topological polar surface area (TPSA) is 47.8 Å². The first-order valence-corrected chi connectivity index (χ1v) is 11.5. The van der Waals surface area contributed by atoms with Crippen LogP contribution in [0.2, 0.25) is 5.02 Å². The fraction of sp³-hybridized carbons (Fsp3) is 0.160. The summed E-state index contributed by atoms with van der Waals surface area (Å²) in [6.07, 6.45) is 1.72. The molecule has 2 aromatic carbocycles. The summed E-state index contributed by atoms with van der Waals surface area (Å²) in [5.74, 6) is -3.10. The molecule has 4 aromatic rings. The number of fused-ring (bicyclic) bond motifs is 1. The summed E-state index contributed by atoms with van der Waals surface area (Å²) in [6.45, 7) is 5.36. The molecule has 0 atom stereocenters. The van der Waals surface area contributed by atoms with E-state index >= 15 is 0 Å². The van der Waals surface area contributed by atoms with E-state index in [1.807, 2.05) is 6.92 Å². The lowest BCUT2D eigenvalue weighted by Crippen LogP contribution is -2.20. The van der Waals surface area contributed by atoms with Crippen molar-refractivity contribution in [1.29, 1.82) is 0 Å². The van der Waals surface area contributed by atoms with Gasteiger partial charge >= 0.3 is 0 Å². The van der Waals surface area contributed by atoms with Crippen LogP contribution in [0, 0.1) is 19.7 Å². The zero-order chi connectivity index (χ0) is 24.6. The maximum Gasteiger partial charge on any atom is 0.288 e. The molecule has 0 unspecified atom stereocenters. The highest BCUT2D eigenvalue weighted by Crippen LogP contribution is 2.27. The van der Waals surface area contributed by atoms with E-state index in [1.54, 1.807) is 56.3 Å². The van der Waals surface area contributed by atoms with Crippen LogP contribution in [0.4, 0.5) is 13.2 Å². The summed E-state index contributed by atoms with van der Waals surface area (Å²) in [7, 11) is 0. The van der Waals surface area contributed by atoms with Gasteiger partial charge < -0.3 is 0 Å². The first-order chi connectivity index (χ1) is 16.1. The number of aromatic nitrogens is 3. The second kappa shape index (κ2) is 9.64. The highest BCUT2D eigenvalue weighted by Gasteiger charge is 2.18. The second-order valence-electron chi connectivity index (χ2n) is 7.72. The number of thioether (sulfide) groups is 1. The maximum atomic E-state index is 14.8. The average molecular weight is 502 g/mol. The van der Waals surface area contributed by atoms with Gasteiger partial charge in [-0.15, -0.1) is 0 Å². The van der Waals surface area contributed by atoms with Crippen LogP contribution in [0.1, 0.15) is 29.4 Å². The third kappa shape index (κ3) is 4.88. The first-order valence-electron chi connectivity index (χ1n) is 10.2. The summed E-state index contributed by atoms with van der Waals surface area (Å²) in [4.78, 5) is 18.2. The van der Waals surface area contributed by atoms with Crippen LogP contribution in [0.15, 0.2) is 58.2 Å². The second-order valence-corrected chi connectivity index (χ2v) is 9.22. The Morgan fingerprint density at radius 1 is 1.12 bits per heavy atom. The van der Waals surface area contributed by atoms with Gasteiger partial charge in [-0.25, -0.2) is 14.1 Å². The number of rotatable bonds is 5. The predicted octanol–water partition coefficient (Wildman–Crippen LogP) is 7.07. The Morgan fingerprint density at radius 2 is 1.82 bits per heavy atom. The SMILES string of the molecule is C/C(=C\c1ccc(SC(F)F)cc1)c1nn(-c2ccc(Cl)cc2F)c2cc(C)c(C)nc2c1=O. The van der Waals surface area contributed by atoms with E-state index in [-0.39, 0.29) is 27.3 Å². The van der Waals surface area contributed by atoms with Crippen molar-refractivity contribution < 1.29 is 13.2 Å². The largest absolute Gasteiger partial charge is 0.288 e.